The van der Waals surface area contributed by atoms with Crippen LogP contribution in [0.25, 0.3) is 0 Å². The van der Waals surface area contributed by atoms with Crippen molar-refractivity contribution in [3.63, 3.8) is 0 Å². The van der Waals surface area contributed by atoms with E-state index in [-0.39, 0.29) is 5.41 Å². The zero-order chi connectivity index (χ0) is 8.77. The molecule has 2 rings (SSSR count). The summed E-state index contributed by atoms with van der Waals surface area (Å²) in [5.74, 6) is 1.74. The van der Waals surface area contributed by atoms with Crippen molar-refractivity contribution in [3.8, 4) is 0 Å². The summed E-state index contributed by atoms with van der Waals surface area (Å²) in [5.41, 5.74) is 0.0464. The third-order valence-corrected chi connectivity index (χ3v) is 3.71. The monoisotopic (exact) mass is 164 g/mol. The van der Waals surface area contributed by atoms with E-state index >= 15 is 0 Å². The lowest BCUT2D eigenvalue weighted by Gasteiger charge is -2.14. The Morgan fingerprint density at radius 2 is 2.33 bits per heavy atom. The molecule has 66 valence electrons. The molecule has 0 N–H and O–H groups in total. The topological polar surface area (TPSA) is 17.1 Å². The number of carbonyl (C=O) groups excluding carboxylic acids is 1. The molecule has 0 radical (unpaired) electrons. The first-order valence-electron chi connectivity index (χ1n) is 4.87. The Bertz CT molecular complexity index is 241. The van der Waals surface area contributed by atoms with Crippen LogP contribution < -0.4 is 0 Å². The summed E-state index contributed by atoms with van der Waals surface area (Å²) in [6, 6.07) is 0. The van der Waals surface area contributed by atoms with Gasteiger partial charge >= 0.3 is 0 Å². The fraction of sp³-hybridized carbons (Fsp3) is 0.727. The molecular weight excluding hydrogens is 148 g/mol. The molecule has 0 aromatic rings. The molecule has 3 atom stereocenters. The molecule has 0 aromatic carbocycles. The Morgan fingerprint density at radius 1 is 1.58 bits per heavy atom. The quantitative estimate of drug-likeness (QED) is 0.544. The van der Waals surface area contributed by atoms with Gasteiger partial charge in [-0.2, -0.15) is 0 Å². The van der Waals surface area contributed by atoms with Crippen LogP contribution in [0.4, 0.5) is 0 Å². The third-order valence-electron chi connectivity index (χ3n) is 3.71. The summed E-state index contributed by atoms with van der Waals surface area (Å²) in [7, 11) is 0. The first kappa shape index (κ1) is 8.03. The lowest BCUT2D eigenvalue weighted by Crippen LogP contribution is -2.19. The predicted octanol–water partition coefficient (Wildman–Crippen LogP) is 2.57. The highest BCUT2D eigenvalue weighted by molar-refractivity contribution is 5.89. The molecule has 2 aliphatic rings. The highest BCUT2D eigenvalue weighted by Crippen LogP contribution is 2.64. The summed E-state index contributed by atoms with van der Waals surface area (Å²) in [6.07, 6.45) is 7.50. The van der Waals surface area contributed by atoms with E-state index in [0.29, 0.717) is 17.6 Å². The number of rotatable bonds is 1. The second-order valence-corrected chi connectivity index (χ2v) is 4.26. The lowest BCUT2D eigenvalue weighted by atomic mass is 9.88. The van der Waals surface area contributed by atoms with Gasteiger partial charge in [-0.15, -0.1) is 0 Å². The molecule has 1 heteroatoms. The van der Waals surface area contributed by atoms with E-state index in [2.05, 4.69) is 19.1 Å². The average molecular weight is 164 g/mol. The van der Waals surface area contributed by atoms with Gasteiger partial charge in [0.25, 0.3) is 0 Å². The van der Waals surface area contributed by atoms with Crippen LogP contribution in [-0.4, -0.2) is 5.78 Å². The molecular formula is C11H16O. The van der Waals surface area contributed by atoms with Crippen molar-refractivity contribution in [2.45, 2.75) is 33.1 Å². The zero-order valence-corrected chi connectivity index (χ0v) is 7.84. The zero-order valence-electron chi connectivity index (χ0n) is 7.84. The van der Waals surface area contributed by atoms with Crippen LogP contribution in [0.5, 0.6) is 0 Å². The van der Waals surface area contributed by atoms with Gasteiger partial charge in [0.2, 0.25) is 0 Å². The van der Waals surface area contributed by atoms with E-state index in [1.54, 1.807) is 0 Å². The largest absolute Gasteiger partial charge is 0.299 e. The molecule has 0 amide bonds. The molecule has 0 spiro atoms. The molecule has 0 aliphatic heterocycles. The van der Waals surface area contributed by atoms with Gasteiger partial charge in [0, 0.05) is 11.8 Å². The SMILES string of the molecule is C/C=C/[C@H]1[C@@H]2CCCC(=O)[C@]12C. The third kappa shape index (κ3) is 0.825. The Morgan fingerprint density at radius 3 is 2.92 bits per heavy atom. The highest BCUT2D eigenvalue weighted by Gasteiger charge is 2.64. The summed E-state index contributed by atoms with van der Waals surface area (Å²) >= 11 is 0. The van der Waals surface area contributed by atoms with Crippen molar-refractivity contribution >= 4 is 5.78 Å². The van der Waals surface area contributed by atoms with Crippen molar-refractivity contribution in [2.75, 3.05) is 0 Å². The van der Waals surface area contributed by atoms with Crippen LogP contribution in [0.15, 0.2) is 12.2 Å². The van der Waals surface area contributed by atoms with E-state index in [1.165, 1.54) is 6.42 Å². The van der Waals surface area contributed by atoms with Crippen LogP contribution in [-0.2, 0) is 4.79 Å². The Hall–Kier alpha value is -0.590. The lowest BCUT2D eigenvalue weighted by molar-refractivity contribution is -0.125. The Labute approximate surface area is 73.8 Å². The van der Waals surface area contributed by atoms with E-state index in [4.69, 9.17) is 0 Å². The first-order valence-corrected chi connectivity index (χ1v) is 4.87. The van der Waals surface area contributed by atoms with Gasteiger partial charge in [-0.25, -0.2) is 0 Å². The number of hydrogen-bond donors (Lipinski definition) is 0. The van der Waals surface area contributed by atoms with Crippen molar-refractivity contribution in [2.24, 2.45) is 17.3 Å². The summed E-state index contributed by atoms with van der Waals surface area (Å²) in [6.45, 7) is 4.18. The van der Waals surface area contributed by atoms with Gasteiger partial charge in [0.15, 0.2) is 0 Å². The number of carbonyl (C=O) groups is 1. The molecule has 0 aromatic heterocycles. The van der Waals surface area contributed by atoms with E-state index in [0.717, 1.165) is 12.8 Å². The van der Waals surface area contributed by atoms with Gasteiger partial charge in [-0.1, -0.05) is 19.1 Å². The average Bonchev–Trinajstić information content (AvgIpc) is 2.61. The molecule has 0 heterocycles. The van der Waals surface area contributed by atoms with Gasteiger partial charge in [0.05, 0.1) is 0 Å². The Balaban J connectivity index is 2.19. The molecule has 2 saturated carbocycles. The maximum atomic E-state index is 11.6. The summed E-state index contributed by atoms with van der Waals surface area (Å²) in [5, 5.41) is 0. The number of fused-ring (bicyclic) bond motifs is 1. The number of Topliss-reactive ketones (excluding diaryl/α,β-unsaturated/α-hetero) is 1. The fourth-order valence-corrected chi connectivity index (χ4v) is 2.80. The molecule has 0 unspecified atom stereocenters. The first-order chi connectivity index (χ1) is 5.71. The van der Waals surface area contributed by atoms with Gasteiger partial charge < -0.3 is 0 Å². The summed E-state index contributed by atoms with van der Waals surface area (Å²) < 4.78 is 0. The second kappa shape index (κ2) is 2.45. The molecule has 1 nitrogen and oxygen atoms in total. The highest BCUT2D eigenvalue weighted by atomic mass is 16.1. The number of ketones is 1. The van der Waals surface area contributed by atoms with Gasteiger partial charge in [-0.05, 0) is 31.6 Å². The molecule has 0 bridgehead atoms. The van der Waals surface area contributed by atoms with Crippen molar-refractivity contribution < 1.29 is 4.79 Å². The summed E-state index contributed by atoms with van der Waals surface area (Å²) in [4.78, 5) is 11.6. The standard InChI is InChI=1S/C11H16O/c1-3-5-8-9-6-4-7-10(12)11(8,9)2/h3,5,8-9H,4,6-7H2,1-2H3/b5-3+/t8-,9-,11+/m0/s1. The van der Waals surface area contributed by atoms with Crippen LogP contribution in [0.3, 0.4) is 0 Å². The van der Waals surface area contributed by atoms with Gasteiger partial charge in [-0.3, -0.25) is 4.79 Å². The number of allylic oxidation sites excluding steroid dienone is 2. The minimum Gasteiger partial charge on any atom is -0.299 e. The van der Waals surface area contributed by atoms with E-state index < -0.39 is 0 Å². The molecule has 2 fully saturated rings. The molecule has 2 aliphatic carbocycles. The minimum absolute atomic E-state index is 0.0464. The minimum atomic E-state index is 0.0464. The molecule has 0 saturated heterocycles. The molecule has 12 heavy (non-hydrogen) atoms. The van der Waals surface area contributed by atoms with E-state index in [1.807, 2.05) is 6.92 Å². The number of hydrogen-bond acceptors (Lipinski definition) is 1. The predicted molar refractivity (Wildman–Crippen MR) is 48.8 cm³/mol. The normalized spacial score (nSPS) is 46.3. The van der Waals surface area contributed by atoms with Crippen LogP contribution in [0.1, 0.15) is 33.1 Å². The maximum Gasteiger partial charge on any atom is 0.139 e. The maximum absolute atomic E-state index is 11.6. The van der Waals surface area contributed by atoms with Crippen LogP contribution in [0.2, 0.25) is 0 Å². The van der Waals surface area contributed by atoms with Crippen LogP contribution in [0, 0.1) is 17.3 Å². The smallest absolute Gasteiger partial charge is 0.139 e. The fourth-order valence-electron chi connectivity index (χ4n) is 2.80. The van der Waals surface area contributed by atoms with Crippen molar-refractivity contribution in [3.05, 3.63) is 12.2 Å². The van der Waals surface area contributed by atoms with Crippen molar-refractivity contribution in [1.29, 1.82) is 0 Å². The Kier molecular flexibility index (Phi) is 1.64. The van der Waals surface area contributed by atoms with Crippen LogP contribution >= 0.6 is 0 Å². The van der Waals surface area contributed by atoms with E-state index in [9.17, 15) is 4.79 Å². The van der Waals surface area contributed by atoms with Gasteiger partial charge in [0.1, 0.15) is 5.78 Å². The van der Waals surface area contributed by atoms with Crippen molar-refractivity contribution in [1.82, 2.24) is 0 Å². The second-order valence-electron chi connectivity index (χ2n) is 4.26.